The Labute approximate surface area is 130 Å². The molecule has 0 aliphatic rings. The van der Waals surface area contributed by atoms with Crippen LogP contribution in [-0.4, -0.2) is 9.30 Å². The molecule has 0 aliphatic heterocycles. The van der Waals surface area contributed by atoms with Crippen LogP contribution in [-0.2, 0) is 11.4 Å². The summed E-state index contributed by atoms with van der Waals surface area (Å²) in [5.74, 6) is 0.777. The van der Waals surface area contributed by atoms with Gasteiger partial charge in [0, 0.05) is 11.4 Å². The lowest BCUT2D eigenvalue weighted by molar-refractivity contribution is 0.464. The van der Waals surface area contributed by atoms with Gasteiger partial charge in [-0.1, -0.05) is 23.8 Å². The largest absolute Gasteiger partial charge is 0.598 e. The van der Waals surface area contributed by atoms with Crippen LogP contribution < -0.4 is 4.72 Å². The van der Waals surface area contributed by atoms with E-state index >= 15 is 0 Å². The van der Waals surface area contributed by atoms with Gasteiger partial charge in [0.15, 0.2) is 0 Å². The molecule has 1 aromatic heterocycles. The van der Waals surface area contributed by atoms with Gasteiger partial charge in [-0.05, 0) is 57.9 Å². The van der Waals surface area contributed by atoms with Gasteiger partial charge in [0.1, 0.15) is 16.5 Å². The second kappa shape index (κ2) is 6.26. The monoisotopic (exact) mass is 305 g/mol. The molecule has 0 aliphatic carbocycles. The van der Waals surface area contributed by atoms with Crippen molar-refractivity contribution in [2.75, 3.05) is 0 Å². The molecule has 2 unspecified atom stereocenters. The van der Waals surface area contributed by atoms with Gasteiger partial charge in [0.2, 0.25) is 0 Å². The van der Waals surface area contributed by atoms with Crippen LogP contribution in [0.15, 0.2) is 41.0 Å². The molecule has 114 valence electrons. The van der Waals surface area contributed by atoms with Crippen molar-refractivity contribution in [3.8, 4) is 0 Å². The van der Waals surface area contributed by atoms with Gasteiger partial charge < -0.3 is 8.97 Å². The van der Waals surface area contributed by atoms with Crippen molar-refractivity contribution in [2.24, 2.45) is 0 Å². The summed E-state index contributed by atoms with van der Waals surface area (Å²) >= 11 is -1.18. The summed E-state index contributed by atoms with van der Waals surface area (Å²) in [4.78, 5) is 0. The third-order valence-corrected chi connectivity index (χ3v) is 4.91. The number of hydrogen-bond donors (Lipinski definition) is 1. The second-order valence-corrected chi connectivity index (χ2v) is 8.31. The summed E-state index contributed by atoms with van der Waals surface area (Å²) in [6.45, 7) is 10.0. The number of aryl methyl sites for hydroxylation is 2. The minimum atomic E-state index is -1.18. The van der Waals surface area contributed by atoms with Gasteiger partial charge >= 0.3 is 0 Å². The Morgan fingerprint density at radius 3 is 2.43 bits per heavy atom. The Morgan fingerprint density at radius 1 is 1.19 bits per heavy atom. The predicted octanol–water partition coefficient (Wildman–Crippen LogP) is 4.04. The molecule has 0 radical (unpaired) electrons. The third-order valence-electron chi connectivity index (χ3n) is 3.35. The molecule has 0 fully saturated rings. The number of furan rings is 1. The first-order chi connectivity index (χ1) is 9.79. The Kier molecular flexibility index (Phi) is 4.81. The maximum atomic E-state index is 12.5. The van der Waals surface area contributed by atoms with Gasteiger partial charge in [-0.2, -0.15) is 0 Å². The number of benzene rings is 1. The van der Waals surface area contributed by atoms with E-state index in [1.807, 2.05) is 32.9 Å². The summed E-state index contributed by atoms with van der Waals surface area (Å²) in [6.07, 6.45) is 1.65. The fraction of sp³-hybridized carbons (Fsp3) is 0.412. The van der Waals surface area contributed by atoms with Crippen molar-refractivity contribution in [1.29, 1.82) is 0 Å². The molecule has 1 N–H and O–H groups in total. The summed E-state index contributed by atoms with van der Waals surface area (Å²) in [5, 5.41) is 0. The molecule has 4 heteroatoms. The molecule has 3 nitrogen and oxygen atoms in total. The summed E-state index contributed by atoms with van der Waals surface area (Å²) in [6, 6.07) is 9.84. The van der Waals surface area contributed by atoms with Crippen LogP contribution in [0, 0.1) is 13.8 Å². The van der Waals surface area contributed by atoms with Crippen molar-refractivity contribution in [3.05, 3.63) is 59.0 Å². The molecule has 1 heterocycles. The average molecular weight is 305 g/mol. The molecular weight excluding hydrogens is 282 g/mol. The van der Waals surface area contributed by atoms with Gasteiger partial charge in [-0.15, -0.1) is 4.72 Å². The van der Waals surface area contributed by atoms with Crippen molar-refractivity contribution in [2.45, 2.75) is 45.4 Å². The van der Waals surface area contributed by atoms with Crippen LogP contribution in [0.25, 0.3) is 0 Å². The van der Waals surface area contributed by atoms with Crippen molar-refractivity contribution in [3.63, 3.8) is 0 Å². The average Bonchev–Trinajstić information content (AvgIpc) is 2.89. The summed E-state index contributed by atoms with van der Waals surface area (Å²) < 4.78 is 20.9. The van der Waals surface area contributed by atoms with Crippen LogP contribution in [0.2, 0.25) is 0 Å². The Hall–Kier alpha value is -1.23. The lowest BCUT2D eigenvalue weighted by Gasteiger charge is -2.28. The number of rotatable bonds is 4. The SMILES string of the molecule is Cc1ccc(C(N[S+]([O-])C(C)(C)C)c2ccco2)c(C)c1. The van der Waals surface area contributed by atoms with E-state index in [1.54, 1.807) is 6.26 Å². The molecule has 2 rings (SSSR count). The van der Waals surface area contributed by atoms with E-state index in [2.05, 4.69) is 36.8 Å². The maximum absolute atomic E-state index is 12.5. The minimum absolute atomic E-state index is 0.208. The molecule has 1 aromatic carbocycles. The van der Waals surface area contributed by atoms with E-state index in [0.29, 0.717) is 0 Å². The van der Waals surface area contributed by atoms with Crippen LogP contribution in [0.1, 0.15) is 49.3 Å². The zero-order valence-corrected chi connectivity index (χ0v) is 14.1. The normalized spacial score (nSPS) is 15.0. The first-order valence-corrected chi connectivity index (χ1v) is 8.22. The van der Waals surface area contributed by atoms with Gasteiger partial charge in [-0.3, -0.25) is 0 Å². The van der Waals surface area contributed by atoms with Crippen LogP contribution >= 0.6 is 0 Å². The molecule has 2 aromatic rings. The molecular formula is C17H23NO2S. The van der Waals surface area contributed by atoms with Crippen LogP contribution in [0.4, 0.5) is 0 Å². The molecule has 0 spiro atoms. The quantitative estimate of drug-likeness (QED) is 0.867. The summed E-state index contributed by atoms with van der Waals surface area (Å²) in [7, 11) is 0. The van der Waals surface area contributed by atoms with E-state index in [-0.39, 0.29) is 10.8 Å². The zero-order valence-electron chi connectivity index (χ0n) is 13.3. The number of nitrogens with one attached hydrogen (secondary N) is 1. The van der Waals surface area contributed by atoms with Gasteiger partial charge in [-0.25, -0.2) is 0 Å². The smallest absolute Gasteiger partial charge is 0.136 e. The highest BCUT2D eigenvalue weighted by molar-refractivity contribution is 7.90. The van der Waals surface area contributed by atoms with Crippen LogP contribution in [0.5, 0.6) is 0 Å². The third kappa shape index (κ3) is 3.90. The fourth-order valence-electron chi connectivity index (χ4n) is 2.16. The maximum Gasteiger partial charge on any atom is 0.136 e. The van der Waals surface area contributed by atoms with E-state index in [4.69, 9.17) is 4.42 Å². The topological polar surface area (TPSA) is 48.2 Å². The van der Waals surface area contributed by atoms with Gasteiger partial charge in [0.25, 0.3) is 0 Å². The van der Waals surface area contributed by atoms with E-state index in [9.17, 15) is 4.55 Å². The van der Waals surface area contributed by atoms with Crippen molar-refractivity contribution in [1.82, 2.24) is 4.72 Å². The highest BCUT2D eigenvalue weighted by Gasteiger charge is 2.32. The molecule has 0 amide bonds. The Bertz CT molecular complexity index is 587. The molecule has 0 bridgehead atoms. The lowest BCUT2D eigenvalue weighted by Crippen LogP contribution is -2.41. The second-order valence-electron chi connectivity index (χ2n) is 6.31. The minimum Gasteiger partial charge on any atom is -0.598 e. The van der Waals surface area contributed by atoms with Crippen LogP contribution in [0.3, 0.4) is 0 Å². The zero-order chi connectivity index (χ0) is 15.6. The number of hydrogen-bond acceptors (Lipinski definition) is 3. The summed E-state index contributed by atoms with van der Waals surface area (Å²) in [5.41, 5.74) is 3.47. The highest BCUT2D eigenvalue weighted by Crippen LogP contribution is 2.28. The van der Waals surface area contributed by atoms with E-state index in [1.165, 1.54) is 5.56 Å². The first kappa shape index (κ1) is 16.1. The molecule has 0 saturated carbocycles. The molecule has 2 atom stereocenters. The molecule has 0 saturated heterocycles. The molecule has 21 heavy (non-hydrogen) atoms. The lowest BCUT2D eigenvalue weighted by atomic mass is 9.98. The highest BCUT2D eigenvalue weighted by atomic mass is 32.2. The van der Waals surface area contributed by atoms with Crippen molar-refractivity contribution >= 4 is 11.4 Å². The fourth-order valence-corrected chi connectivity index (χ4v) is 2.97. The first-order valence-electron chi connectivity index (χ1n) is 7.07. The van der Waals surface area contributed by atoms with E-state index < -0.39 is 11.4 Å². The Morgan fingerprint density at radius 2 is 1.90 bits per heavy atom. The predicted molar refractivity (Wildman–Crippen MR) is 87.5 cm³/mol. The Balaban J connectivity index is 2.38. The van der Waals surface area contributed by atoms with Crippen molar-refractivity contribution < 1.29 is 8.97 Å². The van der Waals surface area contributed by atoms with E-state index in [0.717, 1.165) is 16.9 Å². The standard InChI is InChI=1S/C17H23NO2S/c1-12-8-9-14(13(2)11-12)16(15-7-6-10-20-15)18-21(19)17(3,4)5/h6-11,16,18H,1-5H3. The van der Waals surface area contributed by atoms with Gasteiger partial charge in [0.05, 0.1) is 6.26 Å².